The molecule has 0 aliphatic heterocycles. The van der Waals surface area contributed by atoms with Gasteiger partial charge in [0.1, 0.15) is 6.61 Å². The number of carbonyl (C=O) groups excluding carboxylic acids is 1. The second kappa shape index (κ2) is 20.0. The summed E-state index contributed by atoms with van der Waals surface area (Å²) in [5.74, 6) is -0.944. The standard InChI is InChI=1S/C16H33O10P.C6H12O2/c1-4-16(2,3)15(17)25-13-11-23-9-7-21-5-6-22-8-10-24-12-14-26-27(18,19)20;1-4-6(2,3)5(7)8/h4-14H2,1-3H3,(H2,18,19,20);4H2,1-3H3,(H,7,8). The van der Waals surface area contributed by atoms with Gasteiger partial charge < -0.3 is 38.6 Å². The summed E-state index contributed by atoms with van der Waals surface area (Å²) in [4.78, 5) is 38.9. The Kier molecular flexibility index (Phi) is 20.6. The van der Waals surface area contributed by atoms with Crippen LogP contribution in [0.4, 0.5) is 0 Å². The number of phosphoric acid groups is 1. The SMILES string of the molecule is CCC(C)(C)C(=O)O.CCC(C)(C)C(=O)OCCOCCOCCOCCOCCOP(=O)(O)O. The van der Waals surface area contributed by atoms with Crippen molar-refractivity contribution >= 4 is 19.8 Å². The summed E-state index contributed by atoms with van der Waals surface area (Å²) >= 11 is 0. The van der Waals surface area contributed by atoms with E-state index in [-0.39, 0.29) is 25.8 Å². The summed E-state index contributed by atoms with van der Waals surface area (Å²) in [6.07, 6.45) is 1.40. The van der Waals surface area contributed by atoms with E-state index in [1.54, 1.807) is 13.8 Å². The van der Waals surface area contributed by atoms with E-state index in [4.69, 9.17) is 38.6 Å². The van der Waals surface area contributed by atoms with Gasteiger partial charge in [-0.1, -0.05) is 13.8 Å². The first-order chi connectivity index (χ1) is 16.2. The van der Waals surface area contributed by atoms with Crippen molar-refractivity contribution in [3.63, 3.8) is 0 Å². The van der Waals surface area contributed by atoms with Gasteiger partial charge in [0.2, 0.25) is 0 Å². The fourth-order valence-electron chi connectivity index (χ4n) is 1.66. The molecule has 0 spiro atoms. The molecule has 0 saturated heterocycles. The molecule has 0 unspecified atom stereocenters. The number of hydrogen-bond acceptors (Lipinski definition) is 9. The average Bonchev–Trinajstić information content (AvgIpc) is 2.78. The second-order valence-corrected chi connectivity index (χ2v) is 9.93. The van der Waals surface area contributed by atoms with Gasteiger partial charge in [0, 0.05) is 0 Å². The second-order valence-electron chi connectivity index (χ2n) is 8.69. The maximum Gasteiger partial charge on any atom is 0.469 e. The predicted octanol–water partition coefficient (Wildman–Crippen LogP) is 2.65. The minimum atomic E-state index is -4.42. The van der Waals surface area contributed by atoms with Crippen molar-refractivity contribution in [2.45, 2.75) is 54.4 Å². The maximum atomic E-state index is 11.7. The topological polar surface area (TPSA) is 167 Å². The minimum Gasteiger partial charge on any atom is -0.481 e. The highest BCUT2D eigenvalue weighted by atomic mass is 31.2. The lowest BCUT2D eigenvalue weighted by molar-refractivity contribution is -0.155. The van der Waals surface area contributed by atoms with Gasteiger partial charge in [0.15, 0.2) is 0 Å². The van der Waals surface area contributed by atoms with E-state index < -0.39 is 24.6 Å². The molecule has 13 heteroatoms. The molecule has 12 nitrogen and oxygen atoms in total. The number of rotatable bonds is 20. The van der Waals surface area contributed by atoms with Crippen LogP contribution in [0.1, 0.15) is 54.4 Å². The fraction of sp³-hybridized carbons (Fsp3) is 0.909. The molecular weight excluding hydrogens is 487 g/mol. The van der Waals surface area contributed by atoms with Crippen LogP contribution in [0.15, 0.2) is 0 Å². The molecule has 0 heterocycles. The van der Waals surface area contributed by atoms with Gasteiger partial charge >= 0.3 is 19.8 Å². The van der Waals surface area contributed by atoms with Gasteiger partial charge in [-0.3, -0.25) is 14.1 Å². The van der Waals surface area contributed by atoms with Gasteiger partial charge in [-0.15, -0.1) is 0 Å². The molecule has 0 amide bonds. The third-order valence-corrected chi connectivity index (χ3v) is 5.48. The zero-order chi connectivity index (χ0) is 27.4. The van der Waals surface area contributed by atoms with E-state index >= 15 is 0 Å². The Hall–Kier alpha value is -1.11. The molecule has 210 valence electrons. The first-order valence-electron chi connectivity index (χ1n) is 11.6. The monoisotopic (exact) mass is 532 g/mol. The highest BCUT2D eigenvalue weighted by Gasteiger charge is 2.26. The van der Waals surface area contributed by atoms with Crippen LogP contribution in [0, 0.1) is 10.8 Å². The van der Waals surface area contributed by atoms with Gasteiger partial charge in [0.25, 0.3) is 0 Å². The molecule has 0 radical (unpaired) electrons. The van der Waals surface area contributed by atoms with Crippen LogP contribution in [0.5, 0.6) is 0 Å². The zero-order valence-electron chi connectivity index (χ0n) is 21.9. The van der Waals surface area contributed by atoms with E-state index in [1.807, 2.05) is 27.7 Å². The maximum absolute atomic E-state index is 11.7. The normalized spacial score (nSPS) is 12.1. The summed E-state index contributed by atoms with van der Waals surface area (Å²) < 4.78 is 40.7. The predicted molar refractivity (Wildman–Crippen MR) is 128 cm³/mol. The van der Waals surface area contributed by atoms with E-state index in [0.29, 0.717) is 52.7 Å². The Morgan fingerprint density at radius 2 is 1.00 bits per heavy atom. The molecule has 3 N–H and O–H groups in total. The lowest BCUT2D eigenvalue weighted by Crippen LogP contribution is -2.27. The Balaban J connectivity index is 0. The van der Waals surface area contributed by atoms with Crippen molar-refractivity contribution in [3.8, 4) is 0 Å². The van der Waals surface area contributed by atoms with Crippen LogP contribution >= 0.6 is 7.82 Å². The summed E-state index contributed by atoms with van der Waals surface area (Å²) in [6, 6.07) is 0. The van der Waals surface area contributed by atoms with Gasteiger partial charge in [-0.2, -0.15) is 0 Å². The van der Waals surface area contributed by atoms with Crippen LogP contribution in [-0.4, -0.2) is 92.9 Å². The van der Waals surface area contributed by atoms with E-state index in [9.17, 15) is 14.2 Å². The molecule has 0 saturated carbocycles. The molecule has 0 aliphatic rings. The van der Waals surface area contributed by atoms with Crippen LogP contribution in [0.2, 0.25) is 0 Å². The zero-order valence-corrected chi connectivity index (χ0v) is 22.8. The Morgan fingerprint density at radius 1 is 0.657 bits per heavy atom. The van der Waals surface area contributed by atoms with Crippen LogP contribution in [0.25, 0.3) is 0 Å². The Morgan fingerprint density at radius 3 is 1.29 bits per heavy atom. The Bertz CT molecular complexity index is 603. The van der Waals surface area contributed by atoms with E-state index in [0.717, 1.165) is 6.42 Å². The molecule has 0 fully saturated rings. The molecule has 0 aliphatic carbocycles. The first kappa shape index (κ1) is 36.0. The third-order valence-electron chi connectivity index (χ3n) is 4.96. The van der Waals surface area contributed by atoms with E-state index in [2.05, 4.69) is 4.52 Å². The fourth-order valence-corrected chi connectivity index (χ4v) is 1.97. The Labute approximate surface area is 208 Å². The van der Waals surface area contributed by atoms with Crippen molar-refractivity contribution in [2.75, 3.05) is 66.1 Å². The number of ether oxygens (including phenoxy) is 5. The van der Waals surface area contributed by atoms with Crippen LogP contribution in [-0.2, 0) is 42.4 Å². The van der Waals surface area contributed by atoms with Gasteiger partial charge in [0.05, 0.1) is 70.3 Å². The quantitative estimate of drug-likeness (QED) is 0.119. The summed E-state index contributed by atoms with van der Waals surface area (Å²) in [7, 11) is -4.42. The van der Waals surface area contributed by atoms with Crippen molar-refractivity contribution in [1.29, 1.82) is 0 Å². The number of esters is 1. The minimum absolute atomic E-state index is 0.0769. The summed E-state index contributed by atoms with van der Waals surface area (Å²) in [5.41, 5.74) is -1.01. The lowest BCUT2D eigenvalue weighted by Gasteiger charge is -2.20. The highest BCUT2D eigenvalue weighted by molar-refractivity contribution is 7.46. The number of hydrogen-bond donors (Lipinski definition) is 3. The largest absolute Gasteiger partial charge is 0.481 e. The number of aliphatic carboxylic acids is 1. The van der Waals surface area contributed by atoms with Crippen molar-refractivity contribution in [2.24, 2.45) is 10.8 Å². The lowest BCUT2D eigenvalue weighted by atomic mass is 9.91. The van der Waals surface area contributed by atoms with Crippen LogP contribution in [0.3, 0.4) is 0 Å². The summed E-state index contributed by atoms with van der Waals surface area (Å²) in [6.45, 7) is 13.6. The number of phosphoric ester groups is 1. The molecule has 35 heavy (non-hydrogen) atoms. The third kappa shape index (κ3) is 23.1. The number of carboxylic acids is 1. The van der Waals surface area contributed by atoms with Gasteiger partial charge in [-0.05, 0) is 40.5 Å². The smallest absolute Gasteiger partial charge is 0.469 e. The van der Waals surface area contributed by atoms with Crippen molar-refractivity contribution in [3.05, 3.63) is 0 Å². The molecule has 0 rings (SSSR count). The number of carboxylic acid groups (broad SMARTS) is 1. The number of carbonyl (C=O) groups is 2. The molecular formula is C22H45O12P. The van der Waals surface area contributed by atoms with Crippen molar-refractivity contribution in [1.82, 2.24) is 0 Å². The molecule has 0 aromatic heterocycles. The first-order valence-corrected chi connectivity index (χ1v) is 13.1. The van der Waals surface area contributed by atoms with Gasteiger partial charge in [-0.25, -0.2) is 4.57 Å². The molecule has 0 aromatic carbocycles. The van der Waals surface area contributed by atoms with E-state index in [1.165, 1.54) is 0 Å². The van der Waals surface area contributed by atoms with Crippen molar-refractivity contribution < 1.29 is 57.3 Å². The molecule has 0 atom stereocenters. The average molecular weight is 533 g/mol. The molecule has 0 aromatic rings. The molecule has 0 bridgehead atoms. The highest BCUT2D eigenvalue weighted by Crippen LogP contribution is 2.35. The van der Waals surface area contributed by atoms with Crippen LogP contribution < -0.4 is 0 Å². The summed E-state index contributed by atoms with van der Waals surface area (Å²) in [5, 5.41) is 8.44.